The molecule has 0 aliphatic rings. The number of hydrogen-bond donors (Lipinski definition) is 5. The van der Waals surface area contributed by atoms with Gasteiger partial charge in [-0.05, 0) is 51.5 Å². The average Bonchev–Trinajstić information content (AvgIpc) is 2.96. The number of hydrogen-bond acceptors (Lipinski definition) is 12. The predicted octanol–water partition coefficient (Wildman–Crippen LogP) is 2.80. The van der Waals surface area contributed by atoms with Crippen molar-refractivity contribution >= 4 is 44.4 Å². The van der Waals surface area contributed by atoms with Gasteiger partial charge in [0.2, 0.25) is 10.0 Å². The van der Waals surface area contributed by atoms with Gasteiger partial charge in [0.15, 0.2) is 0 Å². The molecule has 5 N–H and O–H groups in total. The van der Waals surface area contributed by atoms with Crippen LogP contribution >= 0.6 is 0 Å². The van der Waals surface area contributed by atoms with Gasteiger partial charge in [0.25, 0.3) is 0 Å². The van der Waals surface area contributed by atoms with Crippen molar-refractivity contribution in [1.82, 2.24) is 19.6 Å². The zero-order valence-corrected chi connectivity index (χ0v) is 24.9. The molecule has 1 aromatic heterocycles. The Kier molecular flexibility index (Phi) is 10.7. The van der Waals surface area contributed by atoms with Crippen LogP contribution in [0.1, 0.15) is 0 Å². The zero-order valence-electron chi connectivity index (χ0n) is 24.1. The largest absolute Gasteiger partial charge is 0.495 e. The highest BCUT2D eigenvalue weighted by atomic mass is 32.2. The van der Waals surface area contributed by atoms with E-state index in [1.165, 1.54) is 32.6 Å². The van der Waals surface area contributed by atoms with Crippen molar-refractivity contribution in [1.29, 1.82) is 0 Å². The molecule has 0 saturated heterocycles. The van der Waals surface area contributed by atoms with Crippen molar-refractivity contribution in [3.05, 3.63) is 55.4 Å². The summed E-state index contributed by atoms with van der Waals surface area (Å²) in [4.78, 5) is 12.7. The first kappa shape index (κ1) is 31.4. The second kappa shape index (κ2) is 14.0. The lowest BCUT2D eigenvalue weighted by atomic mass is 10.2. The van der Waals surface area contributed by atoms with Crippen molar-refractivity contribution in [2.24, 2.45) is 0 Å². The quantitative estimate of drug-likeness (QED) is 0.131. The number of ether oxygens (including phenoxy) is 2. The van der Waals surface area contributed by atoms with E-state index in [-0.39, 0.29) is 10.6 Å². The van der Waals surface area contributed by atoms with Crippen molar-refractivity contribution in [2.75, 3.05) is 76.4 Å². The predicted molar refractivity (Wildman–Crippen MR) is 162 cm³/mol. The summed E-state index contributed by atoms with van der Waals surface area (Å²) in [6.45, 7) is 5.22. The molecule has 0 saturated carbocycles. The fraction of sp³-hybridized carbons (Fsp3) is 0.333. The molecule has 1 heterocycles. The fourth-order valence-electron chi connectivity index (χ4n) is 3.81. The number of aliphatic hydroxyl groups is 1. The number of aromatic nitrogens is 2. The molecule has 3 rings (SSSR count). The van der Waals surface area contributed by atoms with Crippen LogP contribution in [0.5, 0.6) is 11.5 Å². The Morgan fingerprint density at radius 3 is 2.27 bits per heavy atom. The van der Waals surface area contributed by atoms with Crippen LogP contribution in [-0.4, -0.2) is 90.1 Å². The standard InChI is InChI=1S/C27H38N8O5S/c1-8-27(36)33-19-14-20(23(40-7)15-21(19)35(5)12-11-34(3)4)32-26-16-25(29-17-30-26)31-18-9-10-22(39-6)24(13-18)41(37,38)28-2/h8-10,13-17,27-28,33,36H,1,11-12H2,2-7H3,(H2,29,30,31,32). The highest BCUT2D eigenvalue weighted by Crippen LogP contribution is 2.38. The van der Waals surface area contributed by atoms with Crippen LogP contribution in [0.25, 0.3) is 0 Å². The van der Waals surface area contributed by atoms with E-state index in [0.717, 1.165) is 18.8 Å². The van der Waals surface area contributed by atoms with Crippen molar-refractivity contribution < 1.29 is 23.0 Å². The number of likely N-dealkylation sites (N-methyl/N-ethyl adjacent to an activating group) is 2. The first-order valence-corrected chi connectivity index (χ1v) is 14.1. The zero-order chi connectivity index (χ0) is 30.2. The number of anilines is 6. The molecule has 1 atom stereocenters. The minimum atomic E-state index is -3.75. The van der Waals surface area contributed by atoms with Gasteiger partial charge in [0.1, 0.15) is 40.6 Å². The first-order valence-electron chi connectivity index (χ1n) is 12.6. The molecular formula is C27H38N8O5S. The van der Waals surface area contributed by atoms with E-state index in [1.54, 1.807) is 25.3 Å². The van der Waals surface area contributed by atoms with Crippen LogP contribution < -0.4 is 35.0 Å². The van der Waals surface area contributed by atoms with Crippen LogP contribution in [-0.2, 0) is 10.0 Å². The van der Waals surface area contributed by atoms with Gasteiger partial charge >= 0.3 is 0 Å². The van der Waals surface area contributed by atoms with E-state index in [9.17, 15) is 13.5 Å². The SMILES string of the molecule is C=CC(O)Nc1cc(Nc2cc(Nc3ccc(OC)c(S(=O)(=O)NC)c3)ncn2)c(OC)cc1N(C)CCN(C)C. The molecule has 2 aromatic carbocycles. The molecule has 41 heavy (non-hydrogen) atoms. The van der Waals surface area contributed by atoms with Gasteiger partial charge in [0, 0.05) is 38.0 Å². The molecular weight excluding hydrogens is 548 g/mol. The van der Waals surface area contributed by atoms with E-state index in [1.807, 2.05) is 33.3 Å². The Balaban J connectivity index is 1.93. The van der Waals surface area contributed by atoms with Gasteiger partial charge in [0.05, 0.1) is 31.3 Å². The van der Waals surface area contributed by atoms with Gasteiger partial charge in [-0.1, -0.05) is 6.58 Å². The highest BCUT2D eigenvalue weighted by molar-refractivity contribution is 7.89. The molecule has 0 bridgehead atoms. The minimum absolute atomic E-state index is 0.0120. The number of nitrogens with zero attached hydrogens (tertiary/aromatic N) is 4. The van der Waals surface area contributed by atoms with E-state index < -0.39 is 16.3 Å². The molecule has 0 radical (unpaired) electrons. The third-order valence-electron chi connectivity index (χ3n) is 6.06. The molecule has 222 valence electrons. The molecule has 0 fully saturated rings. The Morgan fingerprint density at radius 2 is 1.66 bits per heavy atom. The number of sulfonamides is 1. The van der Waals surface area contributed by atoms with Crippen LogP contribution in [0, 0.1) is 0 Å². The molecule has 1 unspecified atom stereocenters. The maximum Gasteiger partial charge on any atom is 0.244 e. The summed E-state index contributed by atoms with van der Waals surface area (Å²) in [6, 6.07) is 10.1. The van der Waals surface area contributed by atoms with E-state index in [4.69, 9.17) is 9.47 Å². The number of nitrogens with one attached hydrogen (secondary N) is 4. The third kappa shape index (κ3) is 8.20. The van der Waals surface area contributed by atoms with Gasteiger partial charge in [-0.25, -0.2) is 23.1 Å². The monoisotopic (exact) mass is 586 g/mol. The summed E-state index contributed by atoms with van der Waals surface area (Å²) in [5, 5.41) is 19.7. The highest BCUT2D eigenvalue weighted by Gasteiger charge is 2.19. The van der Waals surface area contributed by atoms with Crippen LogP contribution in [0.2, 0.25) is 0 Å². The van der Waals surface area contributed by atoms with Gasteiger partial charge in [-0.15, -0.1) is 0 Å². The molecule has 0 amide bonds. The Morgan fingerprint density at radius 1 is 0.976 bits per heavy atom. The average molecular weight is 587 g/mol. The normalized spacial score (nSPS) is 12.0. The Labute approximate surface area is 241 Å². The van der Waals surface area contributed by atoms with Crippen molar-refractivity contribution in [2.45, 2.75) is 11.1 Å². The molecule has 14 heteroatoms. The fourth-order valence-corrected chi connectivity index (χ4v) is 4.73. The van der Waals surface area contributed by atoms with E-state index in [0.29, 0.717) is 34.4 Å². The van der Waals surface area contributed by atoms with Crippen molar-refractivity contribution in [3.8, 4) is 11.5 Å². The lowest BCUT2D eigenvalue weighted by Gasteiger charge is -2.27. The Hall–Kier alpha value is -4.11. The second-order valence-corrected chi connectivity index (χ2v) is 11.1. The maximum absolute atomic E-state index is 12.5. The number of methoxy groups -OCH3 is 2. The van der Waals surface area contributed by atoms with Crippen LogP contribution in [0.4, 0.5) is 34.4 Å². The summed E-state index contributed by atoms with van der Waals surface area (Å²) < 4.78 is 38.1. The summed E-state index contributed by atoms with van der Waals surface area (Å²) in [6.07, 6.45) is 1.80. The lowest BCUT2D eigenvalue weighted by molar-refractivity contribution is 0.253. The van der Waals surface area contributed by atoms with Crippen molar-refractivity contribution in [3.63, 3.8) is 0 Å². The molecule has 0 aliphatic carbocycles. The lowest BCUT2D eigenvalue weighted by Crippen LogP contribution is -2.29. The van der Waals surface area contributed by atoms with Crippen LogP contribution in [0.15, 0.2) is 60.3 Å². The summed E-state index contributed by atoms with van der Waals surface area (Å²) in [7, 11) is 6.53. The van der Waals surface area contributed by atoms with E-state index in [2.05, 4.69) is 47.0 Å². The molecule has 3 aromatic rings. The number of aliphatic hydroxyl groups excluding tert-OH is 1. The third-order valence-corrected chi connectivity index (χ3v) is 7.50. The van der Waals surface area contributed by atoms with E-state index >= 15 is 0 Å². The smallest absolute Gasteiger partial charge is 0.244 e. The van der Waals surface area contributed by atoms with Crippen LogP contribution in [0.3, 0.4) is 0 Å². The summed E-state index contributed by atoms with van der Waals surface area (Å²) >= 11 is 0. The Bertz CT molecular complexity index is 1450. The molecule has 0 aliphatic heterocycles. The van der Waals surface area contributed by atoms with Gasteiger partial charge in [-0.3, -0.25) is 0 Å². The topological polar surface area (TPSA) is 153 Å². The van der Waals surface area contributed by atoms with Gasteiger partial charge < -0.3 is 40.3 Å². The van der Waals surface area contributed by atoms with Gasteiger partial charge in [-0.2, -0.15) is 0 Å². The number of benzene rings is 2. The molecule has 0 spiro atoms. The summed E-state index contributed by atoms with van der Waals surface area (Å²) in [5.74, 6) is 1.63. The summed E-state index contributed by atoms with van der Waals surface area (Å²) in [5.41, 5.74) is 2.56. The first-order chi connectivity index (χ1) is 19.5. The molecule has 13 nitrogen and oxygen atoms in total. The second-order valence-electron chi connectivity index (χ2n) is 9.23. The number of rotatable bonds is 15. The minimum Gasteiger partial charge on any atom is -0.495 e. The maximum atomic E-state index is 12.5.